The molecule has 7 heterocycles. The molecule has 16 nitrogen and oxygen atoms in total. The second kappa shape index (κ2) is 15.7. The van der Waals surface area contributed by atoms with Crippen molar-refractivity contribution in [3.63, 3.8) is 0 Å². The van der Waals surface area contributed by atoms with Gasteiger partial charge in [0.1, 0.15) is 17.6 Å². The van der Waals surface area contributed by atoms with E-state index in [4.69, 9.17) is 5.10 Å². The average Bonchev–Trinajstić information content (AvgIpc) is 3.87. The second-order valence-electron chi connectivity index (χ2n) is 16.9. The van der Waals surface area contributed by atoms with Gasteiger partial charge in [0.2, 0.25) is 5.91 Å². The van der Waals surface area contributed by atoms with Crippen molar-refractivity contribution < 1.29 is 19.5 Å². The summed E-state index contributed by atoms with van der Waals surface area (Å²) in [4.78, 5) is 51.1. The second-order valence-corrected chi connectivity index (χ2v) is 16.9. The van der Waals surface area contributed by atoms with Gasteiger partial charge in [-0.25, -0.2) is 14.3 Å². The monoisotopic (exact) mass is 798 g/mol. The highest BCUT2D eigenvalue weighted by molar-refractivity contribution is 6.06. The van der Waals surface area contributed by atoms with Crippen LogP contribution >= 0.6 is 0 Å². The number of piperazine rings is 1. The number of aliphatic hydroxyl groups is 1. The molecule has 306 valence electrons. The maximum Gasteiger partial charge on any atom is 0.329 e. The molecule has 0 spiro atoms. The van der Waals surface area contributed by atoms with Crippen LogP contribution in [-0.4, -0.2) is 115 Å². The zero-order valence-corrected chi connectivity index (χ0v) is 33.5. The van der Waals surface area contributed by atoms with E-state index in [1.165, 1.54) is 15.6 Å². The SMILES string of the molecule is CC(C)(O)c1cc2nn(C3CCC(N4CCN(C5CCN(c6ccc(N7CCC(=O)NC7=O)nc6)CC5)CC4)CC3)cc2cc1NC(=O)c1ccc2cc(C#N)cnn12. The molecule has 1 saturated carbocycles. The summed E-state index contributed by atoms with van der Waals surface area (Å²) in [5.41, 5.74) is 3.09. The van der Waals surface area contributed by atoms with Gasteiger partial charge in [0, 0.05) is 87.2 Å². The maximum atomic E-state index is 13.5. The third kappa shape index (κ3) is 7.85. The third-order valence-corrected chi connectivity index (χ3v) is 12.7. The number of hydrogen-bond donors (Lipinski definition) is 3. The van der Waals surface area contributed by atoms with E-state index < -0.39 is 11.6 Å². The summed E-state index contributed by atoms with van der Waals surface area (Å²) in [5.74, 6) is -0.0514. The zero-order chi connectivity index (χ0) is 40.8. The minimum atomic E-state index is -1.23. The molecular weight excluding hydrogens is 749 g/mol. The van der Waals surface area contributed by atoms with Gasteiger partial charge in [-0.3, -0.25) is 34.3 Å². The standard InChI is InChI=1S/C43H50N12O4/c1-43(2,59)35-23-36-29(22-37(35)47-41(57)38-9-7-33-21-28(24-44)25-46-55(33)38)27-54(49-36)32-5-3-30(4-6-32)51-17-19-52(20-18-51)31-11-14-50(15-12-31)34-8-10-39(45-26-34)53-16-13-40(56)48-42(53)58/h7-10,21-23,25-27,30-32,59H,3-6,11-20H2,1-2H3,(H,47,57)(H,48,56,58). The van der Waals surface area contributed by atoms with Gasteiger partial charge in [-0.2, -0.15) is 15.5 Å². The summed E-state index contributed by atoms with van der Waals surface area (Å²) in [6.45, 7) is 10.1. The van der Waals surface area contributed by atoms with E-state index in [0.717, 1.165) is 94.4 Å². The molecule has 1 aromatic carbocycles. The van der Waals surface area contributed by atoms with Gasteiger partial charge >= 0.3 is 6.03 Å². The number of amides is 4. The van der Waals surface area contributed by atoms with Gasteiger partial charge in [-0.15, -0.1) is 0 Å². The summed E-state index contributed by atoms with van der Waals surface area (Å²) in [6.07, 6.45) is 12.2. The van der Waals surface area contributed by atoms with Crippen molar-refractivity contribution in [1.29, 1.82) is 5.26 Å². The topological polar surface area (TPSA) is 180 Å². The predicted octanol–water partition coefficient (Wildman–Crippen LogP) is 4.65. The molecule has 0 atom stereocenters. The number of aromatic nitrogens is 5. The number of nitriles is 1. The van der Waals surface area contributed by atoms with Crippen LogP contribution < -0.4 is 20.4 Å². The van der Waals surface area contributed by atoms with Crippen molar-refractivity contribution in [2.24, 2.45) is 0 Å². The number of urea groups is 1. The molecule has 0 unspecified atom stereocenters. The van der Waals surface area contributed by atoms with E-state index in [0.29, 0.717) is 52.5 Å². The maximum absolute atomic E-state index is 13.5. The normalized spacial score (nSPS) is 21.5. The predicted molar refractivity (Wildman–Crippen MR) is 222 cm³/mol. The minimum absolute atomic E-state index is 0.248. The van der Waals surface area contributed by atoms with Crippen LogP contribution in [0.1, 0.15) is 86.5 Å². The van der Waals surface area contributed by atoms with Crippen molar-refractivity contribution in [2.45, 2.75) is 82.5 Å². The van der Waals surface area contributed by atoms with Crippen molar-refractivity contribution >= 4 is 51.5 Å². The highest BCUT2D eigenvalue weighted by Crippen LogP contribution is 2.36. The fourth-order valence-electron chi connectivity index (χ4n) is 9.46. The quantitative estimate of drug-likeness (QED) is 0.199. The van der Waals surface area contributed by atoms with E-state index in [9.17, 15) is 24.8 Å². The Morgan fingerprint density at radius 2 is 1.59 bits per heavy atom. The van der Waals surface area contributed by atoms with E-state index in [1.54, 1.807) is 32.0 Å². The number of piperidine rings is 1. The fraction of sp³-hybridized carbons (Fsp3) is 0.465. The Morgan fingerprint density at radius 1 is 0.881 bits per heavy atom. The number of hydrogen-bond acceptors (Lipinski definition) is 11. The molecule has 4 fully saturated rings. The number of pyridine rings is 1. The molecular formula is C43H50N12O4. The molecule has 0 radical (unpaired) electrons. The number of anilines is 3. The largest absolute Gasteiger partial charge is 0.386 e. The molecule has 0 bridgehead atoms. The van der Waals surface area contributed by atoms with Gasteiger partial charge in [0.25, 0.3) is 5.91 Å². The van der Waals surface area contributed by atoms with E-state index in [-0.39, 0.29) is 24.3 Å². The van der Waals surface area contributed by atoms with Gasteiger partial charge < -0.3 is 15.3 Å². The van der Waals surface area contributed by atoms with Gasteiger partial charge in [0.05, 0.1) is 46.3 Å². The Hall–Kier alpha value is -5.89. The molecule has 3 aliphatic heterocycles. The minimum Gasteiger partial charge on any atom is -0.386 e. The van der Waals surface area contributed by atoms with Crippen LogP contribution in [-0.2, 0) is 10.4 Å². The van der Waals surface area contributed by atoms with Crippen molar-refractivity contribution in [3.8, 4) is 6.07 Å². The van der Waals surface area contributed by atoms with Crippen LogP contribution in [0.5, 0.6) is 0 Å². The third-order valence-electron chi connectivity index (χ3n) is 12.7. The zero-order valence-electron chi connectivity index (χ0n) is 33.5. The van der Waals surface area contributed by atoms with Crippen molar-refractivity contribution in [1.82, 2.24) is 39.5 Å². The summed E-state index contributed by atoms with van der Waals surface area (Å²) in [7, 11) is 0. The Kier molecular flexibility index (Phi) is 10.3. The number of rotatable bonds is 8. The number of nitrogens with one attached hydrogen (secondary N) is 2. The Bertz CT molecular complexity index is 2420. The molecule has 5 aromatic rings. The lowest BCUT2D eigenvalue weighted by molar-refractivity contribution is -0.120. The molecule has 1 aliphatic carbocycles. The molecule has 3 N–H and O–H groups in total. The summed E-state index contributed by atoms with van der Waals surface area (Å²) < 4.78 is 3.59. The number of benzene rings is 1. The number of nitrogens with zero attached hydrogens (tertiary/aromatic N) is 10. The lowest BCUT2D eigenvalue weighted by Gasteiger charge is -2.46. The van der Waals surface area contributed by atoms with Gasteiger partial charge in [-0.05, 0) is 94.8 Å². The summed E-state index contributed by atoms with van der Waals surface area (Å²) in [5, 5.41) is 35.9. The van der Waals surface area contributed by atoms with Gasteiger partial charge in [0.15, 0.2) is 0 Å². The highest BCUT2D eigenvalue weighted by atomic mass is 16.3. The van der Waals surface area contributed by atoms with Crippen LogP contribution in [0.25, 0.3) is 16.4 Å². The van der Waals surface area contributed by atoms with Crippen LogP contribution in [0.2, 0.25) is 0 Å². The van der Waals surface area contributed by atoms with Crippen LogP contribution in [0.15, 0.2) is 61.1 Å². The van der Waals surface area contributed by atoms with Crippen LogP contribution in [0.4, 0.5) is 22.0 Å². The fourth-order valence-corrected chi connectivity index (χ4v) is 9.46. The number of carbonyl (C=O) groups is 3. The van der Waals surface area contributed by atoms with E-state index in [2.05, 4.69) is 52.4 Å². The first-order valence-electron chi connectivity index (χ1n) is 20.8. The molecule has 3 saturated heterocycles. The first kappa shape index (κ1) is 38.6. The summed E-state index contributed by atoms with van der Waals surface area (Å²) in [6, 6.07) is 15.9. The van der Waals surface area contributed by atoms with E-state index in [1.807, 2.05) is 30.5 Å². The first-order chi connectivity index (χ1) is 28.5. The molecule has 4 aromatic heterocycles. The molecule has 9 rings (SSSR count). The lowest BCUT2D eigenvalue weighted by Crippen LogP contribution is -2.55. The Balaban J connectivity index is 0.770. The van der Waals surface area contributed by atoms with E-state index >= 15 is 0 Å². The number of imide groups is 1. The molecule has 4 aliphatic rings. The molecule has 59 heavy (non-hydrogen) atoms. The lowest BCUT2D eigenvalue weighted by atomic mass is 9.89. The van der Waals surface area contributed by atoms with Gasteiger partial charge in [-0.1, -0.05) is 0 Å². The molecule has 16 heteroatoms. The highest BCUT2D eigenvalue weighted by Gasteiger charge is 2.33. The Morgan fingerprint density at radius 3 is 2.25 bits per heavy atom. The van der Waals surface area contributed by atoms with Crippen molar-refractivity contribution in [2.75, 3.05) is 60.9 Å². The number of fused-ring (bicyclic) bond motifs is 2. The summed E-state index contributed by atoms with van der Waals surface area (Å²) >= 11 is 0. The number of carbonyl (C=O) groups excluding carboxylic acids is 3. The molecule has 4 amide bonds. The van der Waals surface area contributed by atoms with Crippen LogP contribution in [0, 0.1) is 11.3 Å². The Labute approximate surface area is 342 Å². The van der Waals surface area contributed by atoms with Crippen LogP contribution in [0.3, 0.4) is 0 Å². The smallest absolute Gasteiger partial charge is 0.329 e. The first-order valence-corrected chi connectivity index (χ1v) is 20.8. The average molecular weight is 799 g/mol. The van der Waals surface area contributed by atoms with Crippen molar-refractivity contribution in [3.05, 3.63) is 77.9 Å².